The zero-order chi connectivity index (χ0) is 13.0. The van der Waals surface area contributed by atoms with E-state index < -0.39 is 0 Å². The molecule has 0 fully saturated rings. The van der Waals surface area contributed by atoms with Crippen LogP contribution in [0.25, 0.3) is 10.8 Å². The molecular weight excluding hydrogens is 224 g/mol. The topological polar surface area (TPSA) is 46.3 Å². The van der Waals surface area contributed by atoms with E-state index in [4.69, 9.17) is 5.73 Å². The molecule has 0 spiro atoms. The summed E-state index contributed by atoms with van der Waals surface area (Å²) in [6.07, 6.45) is 0.428. The van der Waals surface area contributed by atoms with Crippen molar-refractivity contribution in [2.45, 2.75) is 6.42 Å². The van der Waals surface area contributed by atoms with Crippen molar-refractivity contribution in [3.05, 3.63) is 48.0 Å². The van der Waals surface area contributed by atoms with Crippen molar-refractivity contribution < 1.29 is 4.79 Å². The highest BCUT2D eigenvalue weighted by molar-refractivity contribution is 5.90. The lowest BCUT2D eigenvalue weighted by Gasteiger charge is -2.16. The smallest absolute Gasteiger partial charge is 0.226 e. The molecule has 0 aliphatic heterocycles. The van der Waals surface area contributed by atoms with Crippen LogP contribution < -0.4 is 5.73 Å². The van der Waals surface area contributed by atoms with Crippen LogP contribution in [0.4, 0.5) is 0 Å². The first-order valence-corrected chi connectivity index (χ1v) is 6.13. The zero-order valence-corrected chi connectivity index (χ0v) is 10.6. The van der Waals surface area contributed by atoms with Crippen LogP contribution in [-0.4, -0.2) is 30.9 Å². The van der Waals surface area contributed by atoms with E-state index in [1.165, 1.54) is 5.39 Å². The first-order chi connectivity index (χ1) is 8.72. The molecule has 0 saturated heterocycles. The third-order valence-corrected chi connectivity index (χ3v) is 3.11. The molecule has 2 rings (SSSR count). The van der Waals surface area contributed by atoms with Crippen LogP contribution in [0, 0.1) is 0 Å². The average Bonchev–Trinajstić information content (AvgIpc) is 2.39. The molecular formula is C15H18N2O. The van der Waals surface area contributed by atoms with Gasteiger partial charge in [-0.2, -0.15) is 0 Å². The summed E-state index contributed by atoms with van der Waals surface area (Å²) < 4.78 is 0. The lowest BCUT2D eigenvalue weighted by atomic mass is 10.0. The fourth-order valence-corrected chi connectivity index (χ4v) is 2.06. The summed E-state index contributed by atoms with van der Waals surface area (Å²) in [6, 6.07) is 14.2. The number of nitrogens with zero attached hydrogens (tertiary/aromatic N) is 1. The second-order valence-corrected chi connectivity index (χ2v) is 4.42. The molecule has 0 heterocycles. The van der Waals surface area contributed by atoms with Crippen molar-refractivity contribution in [3.8, 4) is 0 Å². The number of rotatable bonds is 4. The van der Waals surface area contributed by atoms with Gasteiger partial charge in [0, 0.05) is 20.1 Å². The Hall–Kier alpha value is -1.87. The summed E-state index contributed by atoms with van der Waals surface area (Å²) in [6.45, 7) is 1.10. The van der Waals surface area contributed by atoms with E-state index in [1.54, 1.807) is 11.9 Å². The molecule has 0 aliphatic rings. The molecule has 0 aliphatic carbocycles. The molecule has 2 N–H and O–H groups in total. The van der Waals surface area contributed by atoms with Gasteiger partial charge in [-0.25, -0.2) is 0 Å². The van der Waals surface area contributed by atoms with E-state index in [0.717, 1.165) is 10.9 Å². The molecule has 0 saturated carbocycles. The fourth-order valence-electron chi connectivity index (χ4n) is 2.06. The predicted molar refractivity (Wildman–Crippen MR) is 74.3 cm³/mol. The van der Waals surface area contributed by atoms with Gasteiger partial charge < -0.3 is 10.6 Å². The standard InChI is InChI=1S/C15H18N2O/c1-17(10-9-16)15(18)11-13-7-4-6-12-5-2-3-8-14(12)13/h2-8H,9-11,16H2,1H3. The number of carbonyl (C=O) groups excluding carboxylic acids is 1. The molecule has 0 bridgehead atoms. The maximum Gasteiger partial charge on any atom is 0.226 e. The summed E-state index contributed by atoms with van der Waals surface area (Å²) in [5.74, 6) is 0.108. The Morgan fingerprint density at radius 1 is 1.17 bits per heavy atom. The van der Waals surface area contributed by atoms with Crippen LogP contribution in [0.15, 0.2) is 42.5 Å². The molecule has 0 radical (unpaired) electrons. The van der Waals surface area contributed by atoms with Gasteiger partial charge in [0.15, 0.2) is 0 Å². The maximum atomic E-state index is 12.0. The summed E-state index contributed by atoms with van der Waals surface area (Å²) in [5, 5.41) is 2.32. The summed E-state index contributed by atoms with van der Waals surface area (Å²) >= 11 is 0. The fraction of sp³-hybridized carbons (Fsp3) is 0.267. The number of fused-ring (bicyclic) bond motifs is 1. The number of hydrogen-bond donors (Lipinski definition) is 1. The molecule has 3 heteroatoms. The van der Waals surface area contributed by atoms with Gasteiger partial charge in [0.05, 0.1) is 6.42 Å². The van der Waals surface area contributed by atoms with Crippen LogP contribution in [0.3, 0.4) is 0 Å². The Kier molecular flexibility index (Phi) is 3.95. The van der Waals surface area contributed by atoms with Gasteiger partial charge in [0.25, 0.3) is 0 Å². The first kappa shape index (κ1) is 12.6. The second-order valence-electron chi connectivity index (χ2n) is 4.42. The molecule has 94 valence electrons. The highest BCUT2D eigenvalue weighted by Crippen LogP contribution is 2.19. The van der Waals surface area contributed by atoms with Gasteiger partial charge in [-0.15, -0.1) is 0 Å². The number of benzene rings is 2. The van der Waals surface area contributed by atoms with Crippen molar-refractivity contribution >= 4 is 16.7 Å². The minimum absolute atomic E-state index is 0.108. The number of carbonyl (C=O) groups is 1. The maximum absolute atomic E-state index is 12.0. The quantitative estimate of drug-likeness (QED) is 0.888. The SMILES string of the molecule is CN(CCN)C(=O)Cc1cccc2ccccc12. The van der Waals surface area contributed by atoms with Gasteiger partial charge >= 0.3 is 0 Å². The van der Waals surface area contributed by atoms with Crippen molar-refractivity contribution in [1.29, 1.82) is 0 Å². The molecule has 0 atom stereocenters. The molecule has 3 nitrogen and oxygen atoms in total. The summed E-state index contributed by atoms with van der Waals surface area (Å²) in [7, 11) is 1.79. The molecule has 18 heavy (non-hydrogen) atoms. The average molecular weight is 242 g/mol. The third kappa shape index (κ3) is 2.68. The van der Waals surface area contributed by atoms with E-state index in [1.807, 2.05) is 24.3 Å². The number of hydrogen-bond acceptors (Lipinski definition) is 2. The van der Waals surface area contributed by atoms with E-state index >= 15 is 0 Å². The molecule has 0 unspecified atom stereocenters. The monoisotopic (exact) mass is 242 g/mol. The van der Waals surface area contributed by atoms with Gasteiger partial charge in [0.1, 0.15) is 0 Å². The van der Waals surface area contributed by atoms with E-state index in [0.29, 0.717) is 19.5 Å². The van der Waals surface area contributed by atoms with Gasteiger partial charge in [-0.1, -0.05) is 42.5 Å². The number of amides is 1. The van der Waals surface area contributed by atoms with E-state index in [2.05, 4.69) is 18.2 Å². The lowest BCUT2D eigenvalue weighted by Crippen LogP contribution is -2.32. The number of likely N-dealkylation sites (N-methyl/N-ethyl adjacent to an activating group) is 1. The Labute approximate surface area is 107 Å². The summed E-state index contributed by atoms with van der Waals surface area (Å²) in [4.78, 5) is 13.7. The predicted octanol–water partition coefficient (Wildman–Crippen LogP) is 1.80. The Balaban J connectivity index is 2.24. The van der Waals surface area contributed by atoms with Crippen LogP contribution in [0.1, 0.15) is 5.56 Å². The highest BCUT2D eigenvalue weighted by Gasteiger charge is 2.10. The summed E-state index contributed by atoms with van der Waals surface area (Å²) in [5.41, 5.74) is 6.53. The largest absolute Gasteiger partial charge is 0.344 e. The van der Waals surface area contributed by atoms with E-state index in [9.17, 15) is 4.79 Å². The zero-order valence-electron chi connectivity index (χ0n) is 10.6. The van der Waals surface area contributed by atoms with Crippen molar-refractivity contribution in [2.75, 3.05) is 20.1 Å². The van der Waals surface area contributed by atoms with Crippen LogP contribution in [-0.2, 0) is 11.2 Å². The molecule has 0 aromatic heterocycles. The minimum atomic E-state index is 0.108. The number of nitrogens with two attached hydrogens (primary N) is 1. The minimum Gasteiger partial charge on any atom is -0.344 e. The van der Waals surface area contributed by atoms with Crippen molar-refractivity contribution in [3.63, 3.8) is 0 Å². The van der Waals surface area contributed by atoms with Gasteiger partial charge in [-0.05, 0) is 16.3 Å². The lowest BCUT2D eigenvalue weighted by molar-refractivity contribution is -0.129. The Bertz CT molecular complexity index is 546. The third-order valence-electron chi connectivity index (χ3n) is 3.11. The van der Waals surface area contributed by atoms with Gasteiger partial charge in [0.2, 0.25) is 5.91 Å². The normalized spacial score (nSPS) is 10.6. The van der Waals surface area contributed by atoms with Crippen molar-refractivity contribution in [1.82, 2.24) is 4.90 Å². The first-order valence-electron chi connectivity index (χ1n) is 6.13. The van der Waals surface area contributed by atoms with Crippen LogP contribution in [0.5, 0.6) is 0 Å². The van der Waals surface area contributed by atoms with E-state index in [-0.39, 0.29) is 5.91 Å². The second kappa shape index (κ2) is 5.65. The van der Waals surface area contributed by atoms with Crippen LogP contribution in [0.2, 0.25) is 0 Å². The van der Waals surface area contributed by atoms with Crippen molar-refractivity contribution in [2.24, 2.45) is 5.73 Å². The molecule has 2 aromatic carbocycles. The Morgan fingerprint density at radius 3 is 2.67 bits per heavy atom. The Morgan fingerprint density at radius 2 is 1.89 bits per heavy atom. The highest BCUT2D eigenvalue weighted by atomic mass is 16.2. The van der Waals surface area contributed by atoms with Gasteiger partial charge in [-0.3, -0.25) is 4.79 Å². The molecule has 1 amide bonds. The molecule has 2 aromatic rings. The van der Waals surface area contributed by atoms with Crippen LogP contribution >= 0.6 is 0 Å².